The quantitative estimate of drug-likeness (QED) is 0.323. The fraction of sp³-hybridized carbons (Fsp3) is 0.207. The van der Waals surface area contributed by atoms with Crippen molar-refractivity contribution in [2.24, 2.45) is 0 Å². The number of amides is 3. The molecule has 1 saturated heterocycles. The highest BCUT2D eigenvalue weighted by Crippen LogP contribution is 2.39. The molecule has 0 atom stereocenters. The molecule has 1 fully saturated rings. The SMILES string of the molecule is Nc1ccc(C=CC(=O)NCc2cc3cc(-c4ccc(C(=O)N5CCN(C(=O)[O-])CC5)cn4)cc(C(F)(F)F)c3o2)cn1. The maximum absolute atomic E-state index is 14.0. The molecule has 3 amide bonds. The molecule has 1 aromatic carbocycles. The summed E-state index contributed by atoms with van der Waals surface area (Å²) in [4.78, 5) is 46.7. The molecule has 43 heavy (non-hydrogen) atoms. The van der Waals surface area contributed by atoms with Crippen molar-refractivity contribution in [1.29, 1.82) is 0 Å². The lowest BCUT2D eigenvalue weighted by Gasteiger charge is -2.36. The number of halogens is 3. The smallest absolute Gasteiger partial charge is 0.420 e. The molecule has 1 aliphatic rings. The maximum Gasteiger partial charge on any atom is 0.420 e. The molecular weight excluding hydrogens is 569 g/mol. The Bertz CT molecular complexity index is 1690. The number of hydrogen-bond acceptors (Lipinski definition) is 8. The van der Waals surface area contributed by atoms with Crippen LogP contribution in [0, 0.1) is 0 Å². The minimum Gasteiger partial charge on any atom is -0.530 e. The monoisotopic (exact) mass is 593 g/mol. The first-order valence-corrected chi connectivity index (χ1v) is 13.0. The molecule has 0 radical (unpaired) electrons. The van der Waals surface area contributed by atoms with Gasteiger partial charge in [-0.25, -0.2) is 4.98 Å². The van der Waals surface area contributed by atoms with Crippen LogP contribution >= 0.6 is 0 Å². The Morgan fingerprint density at radius 1 is 1.00 bits per heavy atom. The molecule has 5 rings (SSSR count). The van der Waals surface area contributed by atoms with Crippen LogP contribution in [0.25, 0.3) is 28.3 Å². The zero-order valence-corrected chi connectivity index (χ0v) is 22.4. The van der Waals surface area contributed by atoms with E-state index in [4.69, 9.17) is 10.2 Å². The number of hydrogen-bond donors (Lipinski definition) is 2. The van der Waals surface area contributed by atoms with Gasteiger partial charge in [-0.15, -0.1) is 0 Å². The van der Waals surface area contributed by atoms with Crippen LogP contribution in [0.4, 0.5) is 23.8 Å². The summed E-state index contributed by atoms with van der Waals surface area (Å²) in [5.74, 6) is -0.418. The van der Waals surface area contributed by atoms with Crippen molar-refractivity contribution in [3.63, 3.8) is 0 Å². The van der Waals surface area contributed by atoms with Crippen LogP contribution in [0.1, 0.15) is 27.2 Å². The van der Waals surface area contributed by atoms with Gasteiger partial charge in [0.25, 0.3) is 5.91 Å². The Labute approximate surface area is 242 Å². The third-order valence-corrected chi connectivity index (χ3v) is 6.78. The first-order valence-electron chi connectivity index (χ1n) is 13.0. The highest BCUT2D eigenvalue weighted by atomic mass is 19.4. The number of pyridine rings is 2. The summed E-state index contributed by atoms with van der Waals surface area (Å²) in [6, 6.07) is 9.95. The van der Waals surface area contributed by atoms with Crippen molar-refractivity contribution in [2.75, 3.05) is 31.9 Å². The zero-order chi connectivity index (χ0) is 30.7. The fourth-order valence-corrected chi connectivity index (χ4v) is 4.54. The van der Waals surface area contributed by atoms with Crippen molar-refractivity contribution in [2.45, 2.75) is 12.7 Å². The summed E-state index contributed by atoms with van der Waals surface area (Å²) in [6.07, 6.45) is -0.530. The minimum absolute atomic E-state index is 0.112. The van der Waals surface area contributed by atoms with Crippen molar-refractivity contribution in [1.82, 2.24) is 25.1 Å². The van der Waals surface area contributed by atoms with Crippen LogP contribution in [0.2, 0.25) is 0 Å². The Hall–Kier alpha value is -5.40. The van der Waals surface area contributed by atoms with E-state index in [1.807, 2.05) is 0 Å². The molecule has 14 heteroatoms. The first-order chi connectivity index (χ1) is 20.5. The van der Waals surface area contributed by atoms with E-state index in [-0.39, 0.29) is 72.2 Å². The number of aromatic nitrogens is 2. The number of piperazine rings is 1. The molecule has 0 spiro atoms. The van der Waals surface area contributed by atoms with Crippen molar-refractivity contribution >= 4 is 40.8 Å². The summed E-state index contributed by atoms with van der Waals surface area (Å²) >= 11 is 0. The normalized spacial score (nSPS) is 13.9. The minimum atomic E-state index is -4.74. The number of carboxylic acid groups (broad SMARTS) is 1. The van der Waals surface area contributed by atoms with Crippen LogP contribution < -0.4 is 16.2 Å². The van der Waals surface area contributed by atoms with Gasteiger partial charge in [-0.05, 0) is 54.1 Å². The predicted octanol–water partition coefficient (Wildman–Crippen LogP) is 2.92. The fourth-order valence-electron chi connectivity index (χ4n) is 4.54. The topological polar surface area (TPSA) is 158 Å². The van der Waals surface area contributed by atoms with Gasteiger partial charge in [-0.2, -0.15) is 13.2 Å². The lowest BCUT2D eigenvalue weighted by Crippen LogP contribution is -2.53. The lowest BCUT2D eigenvalue weighted by atomic mass is 10.0. The molecular formula is C29H24F3N6O5-. The van der Waals surface area contributed by atoms with Crippen LogP contribution in [0.15, 0.2) is 65.4 Å². The van der Waals surface area contributed by atoms with E-state index in [9.17, 15) is 32.7 Å². The summed E-state index contributed by atoms with van der Waals surface area (Å²) in [5.41, 5.74) is 5.33. The number of nitrogens with zero attached hydrogens (tertiary/aromatic N) is 4. The molecule has 11 nitrogen and oxygen atoms in total. The number of nitrogen functional groups attached to an aromatic ring is 1. The van der Waals surface area contributed by atoms with Crippen LogP contribution in [-0.4, -0.2) is 63.9 Å². The highest BCUT2D eigenvalue weighted by molar-refractivity contribution is 5.95. The van der Waals surface area contributed by atoms with Gasteiger partial charge in [0.2, 0.25) is 5.91 Å². The van der Waals surface area contributed by atoms with Gasteiger partial charge in [0.05, 0.1) is 23.4 Å². The molecule has 0 unspecified atom stereocenters. The Balaban J connectivity index is 1.32. The number of fused-ring (bicyclic) bond motifs is 1. The summed E-state index contributed by atoms with van der Waals surface area (Å²) < 4.78 is 47.5. The summed E-state index contributed by atoms with van der Waals surface area (Å²) in [6.45, 7) is 0.443. The van der Waals surface area contributed by atoms with Gasteiger partial charge in [-0.1, -0.05) is 0 Å². The third-order valence-electron chi connectivity index (χ3n) is 6.78. The molecule has 0 saturated carbocycles. The van der Waals surface area contributed by atoms with E-state index >= 15 is 0 Å². The number of rotatable bonds is 6. The van der Waals surface area contributed by atoms with Crippen LogP contribution in [-0.2, 0) is 17.5 Å². The van der Waals surface area contributed by atoms with E-state index in [1.54, 1.807) is 12.1 Å². The van der Waals surface area contributed by atoms with E-state index in [0.717, 1.165) is 11.0 Å². The molecule has 1 aliphatic heterocycles. The molecule has 0 bridgehead atoms. The van der Waals surface area contributed by atoms with Crippen molar-refractivity contribution in [3.8, 4) is 11.3 Å². The van der Waals surface area contributed by atoms with Crippen molar-refractivity contribution < 1.29 is 37.1 Å². The summed E-state index contributed by atoms with van der Waals surface area (Å²) in [7, 11) is 0. The second kappa shape index (κ2) is 11.8. The molecule has 3 N–H and O–H groups in total. The molecule has 0 aliphatic carbocycles. The number of benzene rings is 1. The van der Waals surface area contributed by atoms with Gasteiger partial charge < -0.3 is 35.2 Å². The molecule has 4 aromatic rings. The third kappa shape index (κ3) is 6.74. The average Bonchev–Trinajstić information content (AvgIpc) is 3.41. The van der Waals surface area contributed by atoms with Gasteiger partial charge in [-0.3, -0.25) is 14.6 Å². The average molecular weight is 594 g/mol. The Morgan fingerprint density at radius 2 is 1.74 bits per heavy atom. The van der Waals surface area contributed by atoms with E-state index in [1.165, 1.54) is 53.7 Å². The standard InChI is InChI=1S/C29H25F3N6O5/c30-29(31,32)22-13-19(23-4-3-18(15-34-23)27(40)37-7-9-38(10-8-37)28(41)42)11-20-12-21(43-26(20)22)16-36-25(39)6-2-17-1-5-24(33)35-14-17/h1-6,11-15H,7-10,16H2,(H2,33,35)(H,36,39)(H,41,42)/p-1. The number of anilines is 1. The second-order valence-electron chi connectivity index (χ2n) is 9.70. The number of carbonyl (C=O) groups excluding carboxylic acids is 3. The number of alkyl halides is 3. The summed E-state index contributed by atoms with van der Waals surface area (Å²) in [5, 5.41) is 13.7. The predicted molar refractivity (Wildman–Crippen MR) is 147 cm³/mol. The van der Waals surface area contributed by atoms with Crippen LogP contribution in [0.3, 0.4) is 0 Å². The Kier molecular flexibility index (Phi) is 8.01. The zero-order valence-electron chi connectivity index (χ0n) is 22.4. The second-order valence-corrected chi connectivity index (χ2v) is 9.70. The van der Waals surface area contributed by atoms with Gasteiger partial charge in [0.15, 0.2) is 0 Å². The number of furan rings is 1. The highest BCUT2D eigenvalue weighted by Gasteiger charge is 2.35. The number of nitrogens with two attached hydrogens (primary N) is 1. The molecule has 3 aromatic heterocycles. The first kappa shape index (κ1) is 29.1. The lowest BCUT2D eigenvalue weighted by molar-refractivity contribution is -0.266. The largest absolute Gasteiger partial charge is 0.530 e. The van der Waals surface area contributed by atoms with E-state index < -0.39 is 23.7 Å². The van der Waals surface area contributed by atoms with Crippen LogP contribution in [0.5, 0.6) is 0 Å². The Morgan fingerprint density at radius 3 is 2.37 bits per heavy atom. The van der Waals surface area contributed by atoms with Crippen molar-refractivity contribution in [3.05, 3.63) is 83.4 Å². The molecule has 222 valence electrons. The van der Waals surface area contributed by atoms with Gasteiger partial charge in [0, 0.05) is 55.6 Å². The van der Waals surface area contributed by atoms with E-state index in [2.05, 4.69) is 15.3 Å². The van der Waals surface area contributed by atoms with Gasteiger partial charge >= 0.3 is 6.18 Å². The molecule has 4 heterocycles. The number of nitrogens with one attached hydrogen (secondary N) is 1. The van der Waals surface area contributed by atoms with E-state index in [0.29, 0.717) is 11.4 Å². The maximum atomic E-state index is 14.0. The number of carbonyl (C=O) groups is 3. The van der Waals surface area contributed by atoms with Gasteiger partial charge in [0.1, 0.15) is 23.3 Å².